The summed E-state index contributed by atoms with van der Waals surface area (Å²) in [5, 5.41) is 18.4. The number of benzene rings is 3. The Morgan fingerprint density at radius 3 is 2.48 bits per heavy atom. The molecule has 3 aromatic carbocycles. The molecular formula is C40H54N4O6. The van der Waals surface area contributed by atoms with Crippen LogP contribution >= 0.6 is 0 Å². The number of hydrogen-bond acceptors (Lipinski definition) is 6. The molecule has 1 aliphatic carbocycles. The maximum atomic E-state index is 14.5. The van der Waals surface area contributed by atoms with Crippen LogP contribution in [-0.2, 0) is 9.53 Å². The first-order valence-electron chi connectivity index (χ1n) is 18.3. The number of amides is 4. The zero-order chi connectivity index (χ0) is 35.6. The molecule has 50 heavy (non-hydrogen) atoms. The van der Waals surface area contributed by atoms with Gasteiger partial charge in [-0.3, -0.25) is 9.59 Å². The highest BCUT2D eigenvalue weighted by Crippen LogP contribution is 2.30. The van der Waals surface area contributed by atoms with Crippen molar-refractivity contribution < 1.29 is 29.0 Å². The Bertz CT molecular complexity index is 1600. The highest BCUT2D eigenvalue weighted by atomic mass is 16.5. The molecule has 0 radical (unpaired) electrons. The molecule has 0 spiro atoms. The number of aliphatic hydroxyl groups is 1. The van der Waals surface area contributed by atoms with Gasteiger partial charge < -0.3 is 35.0 Å². The third kappa shape index (κ3) is 9.54. The van der Waals surface area contributed by atoms with Gasteiger partial charge in [-0.05, 0) is 75.6 Å². The molecular weight excluding hydrogens is 632 g/mol. The number of rotatable bonds is 7. The maximum absolute atomic E-state index is 14.5. The molecule has 0 saturated heterocycles. The monoisotopic (exact) mass is 686 g/mol. The molecule has 1 saturated carbocycles. The van der Waals surface area contributed by atoms with E-state index in [1.165, 1.54) is 0 Å². The van der Waals surface area contributed by atoms with E-state index in [0.717, 1.165) is 67.8 Å². The van der Waals surface area contributed by atoms with Crippen LogP contribution < -0.4 is 15.4 Å². The van der Waals surface area contributed by atoms with E-state index in [4.69, 9.17) is 9.47 Å². The quantitative estimate of drug-likeness (QED) is 0.240. The second kappa shape index (κ2) is 17.7. The summed E-state index contributed by atoms with van der Waals surface area (Å²) in [5.41, 5.74) is 1.62. The number of nitrogens with one attached hydrogen (secondary N) is 2. The summed E-state index contributed by atoms with van der Waals surface area (Å²) in [5.74, 6) is -0.0838. The maximum Gasteiger partial charge on any atom is 0.321 e. The van der Waals surface area contributed by atoms with Crippen LogP contribution in [0.25, 0.3) is 10.8 Å². The number of anilines is 2. The fourth-order valence-electron chi connectivity index (χ4n) is 6.97. The number of carbonyl (C=O) groups excluding carboxylic acids is 3. The fourth-order valence-corrected chi connectivity index (χ4v) is 6.97. The molecule has 1 aliphatic heterocycles. The lowest BCUT2D eigenvalue weighted by Gasteiger charge is -2.36. The summed E-state index contributed by atoms with van der Waals surface area (Å²) < 4.78 is 12.8. The summed E-state index contributed by atoms with van der Waals surface area (Å²) in [6, 6.07) is 18.3. The highest BCUT2D eigenvalue weighted by Gasteiger charge is 2.31. The first kappa shape index (κ1) is 37.1. The molecule has 2 aliphatic rings. The van der Waals surface area contributed by atoms with Gasteiger partial charge in [0.1, 0.15) is 5.75 Å². The SMILES string of the molecule is C[C@@H]1CCCCO[C@@H](CN(C)C(=O)Nc2cccc3ccccc23)[C@@H](C)CN([C@H](C)CO)C(=O)c2cc(NC(=O)C3CCCCC3)ccc2O1. The number of aliphatic hydroxyl groups excluding tert-OH is 1. The van der Waals surface area contributed by atoms with Crippen molar-refractivity contribution in [3.05, 3.63) is 66.2 Å². The Hall–Kier alpha value is -4.15. The molecule has 0 aromatic heterocycles. The van der Waals surface area contributed by atoms with Crippen molar-refractivity contribution in [3.63, 3.8) is 0 Å². The minimum absolute atomic E-state index is 0.0184. The number of fused-ring (bicyclic) bond motifs is 2. The number of nitrogens with zero attached hydrogens (tertiary/aromatic N) is 2. The van der Waals surface area contributed by atoms with Gasteiger partial charge in [0.25, 0.3) is 5.91 Å². The molecule has 1 heterocycles. The van der Waals surface area contributed by atoms with E-state index < -0.39 is 6.04 Å². The zero-order valence-electron chi connectivity index (χ0n) is 30.0. The predicted octanol–water partition coefficient (Wildman–Crippen LogP) is 7.32. The largest absolute Gasteiger partial charge is 0.490 e. The van der Waals surface area contributed by atoms with E-state index in [9.17, 15) is 19.5 Å². The van der Waals surface area contributed by atoms with Crippen molar-refractivity contribution >= 4 is 40.0 Å². The summed E-state index contributed by atoms with van der Waals surface area (Å²) in [6.07, 6.45) is 6.92. The number of carbonyl (C=O) groups is 3. The lowest BCUT2D eigenvalue weighted by molar-refractivity contribution is -0.120. The Kier molecular flexibility index (Phi) is 13.1. The topological polar surface area (TPSA) is 120 Å². The average Bonchev–Trinajstić information content (AvgIpc) is 3.13. The van der Waals surface area contributed by atoms with Crippen LogP contribution in [0.3, 0.4) is 0 Å². The van der Waals surface area contributed by atoms with E-state index >= 15 is 0 Å². The van der Waals surface area contributed by atoms with E-state index in [2.05, 4.69) is 10.6 Å². The Labute approximate surface area is 296 Å². The molecule has 3 N–H and O–H groups in total. The molecule has 0 unspecified atom stereocenters. The van der Waals surface area contributed by atoms with Gasteiger partial charge in [-0.2, -0.15) is 0 Å². The minimum atomic E-state index is -0.503. The standard InChI is InChI=1S/C40H54N4O6/c1-27-24-44(28(2)26-45)39(47)34-23-32(41-38(46)31-15-6-5-7-16-31)20-21-36(34)50-29(3)13-10-11-22-49-37(27)25-43(4)40(48)42-35-19-12-17-30-14-8-9-18-33(30)35/h8-9,12,14,17-21,23,27-29,31,37,45H,5-7,10-11,13,15-16,22,24-26H2,1-4H3,(H,41,46)(H,42,48)/t27-,28+,29+,37-/m0/s1. The number of ether oxygens (including phenoxy) is 2. The summed E-state index contributed by atoms with van der Waals surface area (Å²) >= 11 is 0. The van der Waals surface area contributed by atoms with E-state index in [0.29, 0.717) is 30.2 Å². The van der Waals surface area contributed by atoms with Gasteiger partial charge in [0, 0.05) is 49.7 Å². The highest BCUT2D eigenvalue weighted by molar-refractivity contribution is 6.02. The van der Waals surface area contributed by atoms with Gasteiger partial charge >= 0.3 is 6.03 Å². The van der Waals surface area contributed by atoms with E-state index in [1.807, 2.05) is 63.2 Å². The second-order valence-electron chi connectivity index (χ2n) is 14.2. The van der Waals surface area contributed by atoms with Crippen LogP contribution in [-0.4, -0.2) is 84.4 Å². The molecule has 3 aromatic rings. The van der Waals surface area contributed by atoms with Gasteiger partial charge in [0.2, 0.25) is 5.91 Å². The predicted molar refractivity (Wildman–Crippen MR) is 198 cm³/mol. The van der Waals surface area contributed by atoms with Gasteiger partial charge in [-0.1, -0.05) is 62.6 Å². The van der Waals surface area contributed by atoms with E-state index in [1.54, 1.807) is 35.0 Å². The molecule has 10 heteroatoms. The fraction of sp³-hybridized carbons (Fsp3) is 0.525. The summed E-state index contributed by atoms with van der Waals surface area (Å²) in [6.45, 7) is 6.66. The lowest BCUT2D eigenvalue weighted by atomic mass is 9.88. The first-order chi connectivity index (χ1) is 24.1. The number of urea groups is 1. The molecule has 10 nitrogen and oxygen atoms in total. The van der Waals surface area contributed by atoms with Crippen molar-refractivity contribution in [2.24, 2.45) is 11.8 Å². The van der Waals surface area contributed by atoms with Gasteiger partial charge in [0.15, 0.2) is 0 Å². The van der Waals surface area contributed by atoms with Gasteiger partial charge in [-0.15, -0.1) is 0 Å². The van der Waals surface area contributed by atoms with Crippen LogP contribution in [0.15, 0.2) is 60.7 Å². The summed E-state index contributed by atoms with van der Waals surface area (Å²) in [7, 11) is 1.75. The van der Waals surface area contributed by atoms with Crippen LogP contribution in [0.2, 0.25) is 0 Å². The van der Waals surface area contributed by atoms with Gasteiger partial charge in [-0.25, -0.2) is 4.79 Å². The van der Waals surface area contributed by atoms with Crippen molar-refractivity contribution in [1.82, 2.24) is 9.80 Å². The first-order valence-corrected chi connectivity index (χ1v) is 18.3. The molecule has 4 amide bonds. The van der Waals surface area contributed by atoms with E-state index in [-0.39, 0.29) is 55.0 Å². The molecule has 1 fully saturated rings. The number of likely N-dealkylation sites (N-methyl/N-ethyl adjacent to an activating group) is 1. The minimum Gasteiger partial charge on any atom is -0.490 e. The molecule has 5 rings (SSSR count). The van der Waals surface area contributed by atoms with Crippen molar-refractivity contribution in [3.8, 4) is 5.75 Å². The van der Waals surface area contributed by atoms with Crippen molar-refractivity contribution in [2.45, 2.75) is 90.4 Å². The zero-order valence-corrected chi connectivity index (χ0v) is 30.0. The normalized spacial score (nSPS) is 21.7. The molecule has 4 atom stereocenters. The second-order valence-corrected chi connectivity index (χ2v) is 14.2. The Morgan fingerprint density at radius 1 is 0.960 bits per heavy atom. The third-order valence-electron chi connectivity index (χ3n) is 10.1. The van der Waals surface area contributed by atoms with Crippen LogP contribution in [0.1, 0.15) is 82.5 Å². The lowest BCUT2D eigenvalue weighted by Crippen LogP contribution is -2.48. The number of hydrogen-bond donors (Lipinski definition) is 3. The van der Waals surface area contributed by atoms with Crippen LogP contribution in [0.4, 0.5) is 16.2 Å². The summed E-state index contributed by atoms with van der Waals surface area (Å²) in [4.78, 5) is 44.3. The van der Waals surface area contributed by atoms with Crippen molar-refractivity contribution in [1.29, 1.82) is 0 Å². The molecule has 270 valence electrons. The smallest absolute Gasteiger partial charge is 0.321 e. The third-order valence-corrected chi connectivity index (χ3v) is 10.1. The van der Waals surface area contributed by atoms with Crippen LogP contribution in [0, 0.1) is 11.8 Å². The average molecular weight is 687 g/mol. The molecule has 0 bridgehead atoms. The van der Waals surface area contributed by atoms with Crippen molar-refractivity contribution in [2.75, 3.05) is 44.0 Å². The Morgan fingerprint density at radius 2 is 1.70 bits per heavy atom. The van der Waals surface area contributed by atoms with Gasteiger partial charge in [0.05, 0.1) is 36.1 Å². The van der Waals surface area contributed by atoms with Crippen LogP contribution in [0.5, 0.6) is 5.75 Å². The Balaban J connectivity index is 1.37.